The molecule has 0 aliphatic rings. The number of hydrogen-bond acceptors (Lipinski definition) is 7. The third-order valence-electron chi connectivity index (χ3n) is 4.80. The summed E-state index contributed by atoms with van der Waals surface area (Å²) in [6, 6.07) is 21.8. The van der Waals surface area contributed by atoms with Gasteiger partial charge >= 0.3 is 49.6 Å². The number of anilines is 1. The van der Waals surface area contributed by atoms with Crippen molar-refractivity contribution in [3.8, 4) is 6.07 Å². The first-order valence-electron chi connectivity index (χ1n) is 12.0. The number of aromatic nitrogens is 4. The fourth-order valence-corrected chi connectivity index (χ4v) is 4.61. The zero-order valence-corrected chi connectivity index (χ0v) is 35.0. The van der Waals surface area contributed by atoms with Gasteiger partial charge in [-0.15, -0.1) is 0 Å². The van der Waals surface area contributed by atoms with Crippen molar-refractivity contribution < 1.29 is 0 Å². The van der Waals surface area contributed by atoms with E-state index in [4.69, 9.17) is 52.1 Å². The maximum atomic E-state index is 8.27. The van der Waals surface area contributed by atoms with Gasteiger partial charge < -0.3 is 11.1 Å². The second-order valence-electron chi connectivity index (χ2n) is 8.30. The fourth-order valence-electron chi connectivity index (χ4n) is 2.93. The van der Waals surface area contributed by atoms with Crippen LogP contribution < -0.4 is 5.73 Å². The number of nitrogens with two attached hydrogens (primary N) is 1. The average Bonchev–Trinajstić information content (AvgIpc) is 2.92. The minimum atomic E-state index is -3.29. The third-order valence-corrected chi connectivity index (χ3v) is 7.52. The Morgan fingerprint density at radius 1 is 0.744 bits per heavy atom. The van der Waals surface area contributed by atoms with Crippen LogP contribution in [0.1, 0.15) is 28.2 Å². The van der Waals surface area contributed by atoms with E-state index in [1.807, 2.05) is 74.5 Å². The van der Waals surface area contributed by atoms with E-state index in [1.165, 1.54) is 0 Å². The average molecular weight is 1030 g/mol. The van der Waals surface area contributed by atoms with Crippen LogP contribution in [0.2, 0.25) is 0 Å². The summed E-state index contributed by atoms with van der Waals surface area (Å²) < 4.78 is 2.72. The SMILES string of the molecule is Cc1nc(CC(=N)Cc2ccccc2)c(Br)nc1Br.Cc1nc(N)c(Br)nc1Br.N#CCc1ccccc1.[Cl][Sn]([Cl])([Cl])[Cl]. The summed E-state index contributed by atoms with van der Waals surface area (Å²) in [6.07, 6.45) is 1.67. The molecule has 0 radical (unpaired) electrons. The van der Waals surface area contributed by atoms with E-state index < -0.39 is 13.9 Å². The number of nitrogens with zero attached hydrogens (tertiary/aromatic N) is 5. The van der Waals surface area contributed by atoms with E-state index in [-0.39, 0.29) is 0 Å². The Bertz CT molecular complexity index is 1450. The molecule has 2 aromatic heterocycles. The van der Waals surface area contributed by atoms with Gasteiger partial charge in [-0.1, -0.05) is 60.7 Å². The van der Waals surface area contributed by atoms with Gasteiger partial charge in [-0.25, -0.2) is 15.0 Å². The summed E-state index contributed by atoms with van der Waals surface area (Å²) in [5.74, 6) is 0.417. The molecule has 2 heterocycles. The Balaban J connectivity index is 0.000000324. The van der Waals surface area contributed by atoms with Crippen LogP contribution in [0.5, 0.6) is 0 Å². The van der Waals surface area contributed by atoms with Gasteiger partial charge in [0.2, 0.25) is 0 Å². The Morgan fingerprint density at radius 3 is 1.65 bits per heavy atom. The number of rotatable bonds is 5. The molecule has 0 fully saturated rings. The molecule has 228 valence electrons. The predicted octanol–water partition coefficient (Wildman–Crippen LogP) is 10.1. The zero-order chi connectivity index (χ0) is 32.6. The molecule has 0 spiro atoms. The van der Waals surface area contributed by atoms with E-state index in [0.717, 1.165) is 32.8 Å². The molecule has 4 aromatic rings. The number of nitriles is 1. The number of aryl methyl sites for hydroxylation is 2. The van der Waals surface area contributed by atoms with Gasteiger partial charge in [-0.3, -0.25) is 4.98 Å². The molecule has 16 heteroatoms. The summed E-state index contributed by atoms with van der Waals surface area (Å²) in [7, 11) is 20.1. The molecule has 0 unspecified atom stereocenters. The normalized spacial score (nSPS) is 10.1. The molecular weight excluding hydrogens is 1000 g/mol. The summed E-state index contributed by atoms with van der Waals surface area (Å²) in [5, 5.41) is 16.4. The molecule has 0 saturated heterocycles. The quantitative estimate of drug-likeness (QED) is 0.152. The van der Waals surface area contributed by atoms with Crippen LogP contribution in [0.4, 0.5) is 5.82 Å². The molecule has 3 N–H and O–H groups in total. The number of benzene rings is 2. The first kappa shape index (κ1) is 40.5. The predicted molar refractivity (Wildman–Crippen MR) is 195 cm³/mol. The van der Waals surface area contributed by atoms with Gasteiger partial charge in [0.25, 0.3) is 0 Å². The minimum absolute atomic E-state index is 0.417. The van der Waals surface area contributed by atoms with Gasteiger partial charge in [-0.05, 0) is 88.7 Å². The molecule has 0 amide bonds. The number of halogens is 8. The monoisotopic (exact) mass is 1020 g/mol. The van der Waals surface area contributed by atoms with Crippen LogP contribution in [0.15, 0.2) is 79.1 Å². The van der Waals surface area contributed by atoms with E-state index in [9.17, 15) is 0 Å². The molecule has 0 bridgehead atoms. The van der Waals surface area contributed by atoms with Crippen LogP contribution >= 0.6 is 99.4 Å². The van der Waals surface area contributed by atoms with E-state index >= 15 is 0 Å². The Kier molecular flexibility index (Phi) is 20.0. The number of hydrogen-bond donors (Lipinski definition) is 2. The van der Waals surface area contributed by atoms with E-state index in [0.29, 0.717) is 44.6 Å². The third kappa shape index (κ3) is 18.9. The van der Waals surface area contributed by atoms with Crippen molar-refractivity contribution >= 4 is 125 Å². The zero-order valence-electron chi connectivity index (χ0n) is 22.7. The van der Waals surface area contributed by atoms with Crippen molar-refractivity contribution in [2.75, 3.05) is 5.73 Å². The van der Waals surface area contributed by atoms with Crippen molar-refractivity contribution in [2.24, 2.45) is 0 Å². The summed E-state index contributed by atoms with van der Waals surface area (Å²) in [5.41, 5.74) is 10.7. The standard InChI is InChI=1S/C14H13Br2N3.C8H7N.C5H5Br2N3.4ClH.Sn/c1-9-13(15)19-14(16)12(18-9)8-11(17)7-10-5-3-2-4-6-10;9-7-6-8-4-2-1-3-5-8;1-2-3(6)10-4(7)5(8)9-2;;;;;/h2-6,17H,7-8H2,1H3;1-5H,6H2;1H3,(H2,8,9);4*1H;/q;;;;;;;+4/p-4. The van der Waals surface area contributed by atoms with Crippen molar-refractivity contribution in [1.29, 1.82) is 10.7 Å². The first-order valence-corrected chi connectivity index (χ1v) is 29.6. The molecule has 0 atom stereocenters. The Labute approximate surface area is 304 Å². The van der Waals surface area contributed by atoms with Crippen molar-refractivity contribution in [2.45, 2.75) is 33.1 Å². The molecule has 7 nitrogen and oxygen atoms in total. The van der Waals surface area contributed by atoms with Crippen molar-refractivity contribution in [1.82, 2.24) is 19.9 Å². The van der Waals surface area contributed by atoms with Gasteiger partial charge in [0, 0.05) is 18.6 Å². The first-order chi connectivity index (χ1) is 20.1. The number of nitrogens with one attached hydrogen (secondary N) is 1. The Morgan fingerprint density at radius 2 is 1.19 bits per heavy atom. The van der Waals surface area contributed by atoms with Crippen LogP contribution in [-0.2, 0) is 19.3 Å². The van der Waals surface area contributed by atoms with Crippen molar-refractivity contribution in [3.05, 3.63) is 107 Å². The second kappa shape index (κ2) is 21.3. The maximum absolute atomic E-state index is 8.27. The molecular formula is C27H25Br4Cl4N7Sn. The molecule has 0 saturated carbocycles. The van der Waals surface area contributed by atoms with E-state index in [2.05, 4.69) is 89.7 Å². The van der Waals surface area contributed by atoms with Gasteiger partial charge in [-0.2, -0.15) is 5.26 Å². The Hall–Kier alpha value is -0.561. The van der Waals surface area contributed by atoms with Crippen LogP contribution in [0.3, 0.4) is 0 Å². The van der Waals surface area contributed by atoms with Crippen LogP contribution in [-0.4, -0.2) is 39.5 Å². The summed E-state index contributed by atoms with van der Waals surface area (Å²) >= 11 is 9.82. The summed E-state index contributed by atoms with van der Waals surface area (Å²) in [4.78, 5) is 16.8. The second-order valence-corrected chi connectivity index (χ2v) is 36.8. The van der Waals surface area contributed by atoms with Crippen LogP contribution in [0.25, 0.3) is 0 Å². The fraction of sp³-hybridized carbons (Fsp3) is 0.185. The molecule has 2 aromatic carbocycles. The molecule has 4 rings (SSSR count). The van der Waals surface area contributed by atoms with Gasteiger partial charge in [0.15, 0.2) is 5.82 Å². The van der Waals surface area contributed by atoms with Crippen molar-refractivity contribution in [3.63, 3.8) is 0 Å². The molecule has 43 heavy (non-hydrogen) atoms. The van der Waals surface area contributed by atoms with Crippen LogP contribution in [0, 0.1) is 30.6 Å². The molecule has 0 aliphatic carbocycles. The van der Waals surface area contributed by atoms with E-state index in [1.54, 1.807) is 0 Å². The number of nitrogen functional groups attached to an aromatic ring is 1. The topological polar surface area (TPSA) is 125 Å². The van der Waals surface area contributed by atoms with Gasteiger partial charge in [0.05, 0.1) is 29.6 Å². The summed E-state index contributed by atoms with van der Waals surface area (Å²) in [6.45, 7) is 3.73. The van der Waals surface area contributed by atoms with Gasteiger partial charge in [0.1, 0.15) is 18.4 Å². The molecule has 0 aliphatic heterocycles.